The van der Waals surface area contributed by atoms with Gasteiger partial charge in [-0.1, -0.05) is 12.1 Å². The van der Waals surface area contributed by atoms with Gasteiger partial charge in [-0.3, -0.25) is 10.1 Å². The monoisotopic (exact) mass is 306 g/mol. The summed E-state index contributed by atoms with van der Waals surface area (Å²) in [6.45, 7) is -0.149. The summed E-state index contributed by atoms with van der Waals surface area (Å²) in [6.07, 6.45) is -0.447. The molecule has 0 aromatic heterocycles. The van der Waals surface area contributed by atoms with Gasteiger partial charge >= 0.3 is 0 Å². The van der Waals surface area contributed by atoms with Crippen LogP contribution in [0.3, 0.4) is 0 Å². The van der Waals surface area contributed by atoms with Crippen LogP contribution in [-0.4, -0.2) is 31.5 Å². The van der Waals surface area contributed by atoms with Gasteiger partial charge in [0.05, 0.1) is 19.7 Å². The van der Waals surface area contributed by atoms with E-state index in [0.717, 1.165) is 5.56 Å². The maximum Gasteiger partial charge on any atom is 0.262 e. The number of methoxy groups -OCH3 is 1. The third-order valence-corrected chi connectivity index (χ3v) is 3.03. The number of nitrogens with one attached hydrogen (secondary N) is 2. The van der Waals surface area contributed by atoms with Crippen molar-refractivity contribution >= 4 is 18.3 Å². The summed E-state index contributed by atoms with van der Waals surface area (Å²) in [5.41, 5.74) is 0.859. The molecule has 1 aliphatic heterocycles. The molecule has 4 nitrogen and oxygen atoms in total. The van der Waals surface area contributed by atoms with E-state index in [4.69, 9.17) is 4.74 Å². The van der Waals surface area contributed by atoms with Crippen LogP contribution in [0.2, 0.25) is 0 Å². The van der Waals surface area contributed by atoms with Crippen LogP contribution in [0.25, 0.3) is 0 Å². The van der Waals surface area contributed by atoms with E-state index in [0.29, 0.717) is 12.3 Å². The largest absolute Gasteiger partial charge is 0.497 e. The fourth-order valence-corrected chi connectivity index (χ4v) is 2.00. The Balaban J connectivity index is 0.00000200. The Kier molecular flexibility index (Phi) is 5.71. The van der Waals surface area contributed by atoms with Gasteiger partial charge in [0.15, 0.2) is 0 Å². The molecule has 1 amide bonds. The smallest absolute Gasteiger partial charge is 0.262 e. The highest BCUT2D eigenvalue weighted by atomic mass is 35.5. The van der Waals surface area contributed by atoms with Gasteiger partial charge < -0.3 is 10.1 Å². The molecule has 1 atom stereocenters. The molecule has 112 valence electrons. The number of halogens is 3. The van der Waals surface area contributed by atoms with E-state index in [-0.39, 0.29) is 12.4 Å². The van der Waals surface area contributed by atoms with Gasteiger partial charge in [-0.25, -0.2) is 8.78 Å². The average molecular weight is 307 g/mol. The second-order valence-electron chi connectivity index (χ2n) is 4.56. The fraction of sp³-hybridized carbons (Fsp3) is 0.462. The number of hydrogen-bond acceptors (Lipinski definition) is 3. The van der Waals surface area contributed by atoms with Gasteiger partial charge in [0.25, 0.3) is 5.92 Å². The number of carbonyl (C=O) groups is 1. The topological polar surface area (TPSA) is 50.4 Å². The first-order valence-corrected chi connectivity index (χ1v) is 6.02. The Morgan fingerprint density at radius 3 is 2.90 bits per heavy atom. The molecule has 1 aromatic carbocycles. The number of hydrogen-bond donors (Lipinski definition) is 2. The molecule has 2 N–H and O–H groups in total. The minimum absolute atomic E-state index is 0. The van der Waals surface area contributed by atoms with Crippen molar-refractivity contribution in [1.29, 1.82) is 0 Å². The fourth-order valence-electron chi connectivity index (χ4n) is 2.00. The molecule has 0 saturated carbocycles. The lowest BCUT2D eigenvalue weighted by molar-refractivity contribution is -0.123. The summed E-state index contributed by atoms with van der Waals surface area (Å²) in [5.74, 6) is -2.50. The van der Waals surface area contributed by atoms with Crippen LogP contribution in [0.4, 0.5) is 8.78 Å². The molecule has 20 heavy (non-hydrogen) atoms. The lowest BCUT2D eigenvalue weighted by atomic mass is 10.1. The molecule has 0 radical (unpaired) electrons. The van der Waals surface area contributed by atoms with E-state index < -0.39 is 30.8 Å². The minimum Gasteiger partial charge on any atom is -0.497 e. The van der Waals surface area contributed by atoms with E-state index in [9.17, 15) is 13.6 Å². The zero-order valence-corrected chi connectivity index (χ0v) is 11.8. The molecule has 0 spiro atoms. The van der Waals surface area contributed by atoms with Crippen molar-refractivity contribution in [2.24, 2.45) is 0 Å². The van der Waals surface area contributed by atoms with E-state index in [2.05, 4.69) is 10.6 Å². The Hall–Kier alpha value is -1.40. The second-order valence-corrected chi connectivity index (χ2v) is 4.56. The first-order valence-electron chi connectivity index (χ1n) is 6.02. The van der Waals surface area contributed by atoms with Crippen LogP contribution in [0, 0.1) is 0 Å². The molecule has 1 aromatic rings. The van der Waals surface area contributed by atoms with Crippen LogP contribution in [0.1, 0.15) is 12.0 Å². The van der Waals surface area contributed by atoms with E-state index in [1.54, 1.807) is 19.2 Å². The zero-order valence-electron chi connectivity index (χ0n) is 11.0. The maximum absolute atomic E-state index is 13.0. The normalized spacial score (nSPS) is 20.1. The molecular weight excluding hydrogens is 290 g/mol. The van der Waals surface area contributed by atoms with Gasteiger partial charge in [0.1, 0.15) is 5.75 Å². The number of alkyl halides is 2. The minimum atomic E-state index is -2.79. The Morgan fingerprint density at radius 2 is 2.30 bits per heavy atom. The van der Waals surface area contributed by atoms with Crippen molar-refractivity contribution in [2.45, 2.75) is 24.9 Å². The number of rotatable bonds is 4. The molecule has 7 heteroatoms. The van der Waals surface area contributed by atoms with Crippen molar-refractivity contribution in [1.82, 2.24) is 10.6 Å². The number of ether oxygens (including phenoxy) is 1. The van der Waals surface area contributed by atoms with Crippen LogP contribution < -0.4 is 15.4 Å². The zero-order chi connectivity index (χ0) is 13.9. The second kappa shape index (κ2) is 6.85. The van der Waals surface area contributed by atoms with Gasteiger partial charge in [0.2, 0.25) is 5.91 Å². The number of carbonyl (C=O) groups excluding carboxylic acids is 1. The summed E-state index contributed by atoms with van der Waals surface area (Å²) in [5, 5.41) is 5.16. The molecule has 0 bridgehead atoms. The van der Waals surface area contributed by atoms with Crippen molar-refractivity contribution in [3.8, 4) is 5.75 Å². The number of benzene rings is 1. The van der Waals surface area contributed by atoms with Gasteiger partial charge in [0, 0.05) is 13.0 Å². The van der Waals surface area contributed by atoms with Crippen LogP contribution in [0.15, 0.2) is 24.3 Å². The van der Waals surface area contributed by atoms with Crippen molar-refractivity contribution in [2.75, 3.05) is 13.7 Å². The lowest BCUT2D eigenvalue weighted by Crippen LogP contribution is -2.40. The van der Waals surface area contributed by atoms with Crippen LogP contribution in [0.5, 0.6) is 5.75 Å². The molecule has 1 fully saturated rings. The summed E-state index contributed by atoms with van der Waals surface area (Å²) < 4.78 is 31.0. The standard InChI is InChI=1S/C13H16F2N2O2.ClH/c1-19-10-4-2-3-9(5-10)7-16-12(18)11-6-13(14,15)8-17-11;/h2-5,11,17H,6-8H2,1H3,(H,16,18);1H. The third kappa shape index (κ3) is 4.31. The number of amides is 1. The highest BCUT2D eigenvalue weighted by molar-refractivity contribution is 5.85. The van der Waals surface area contributed by atoms with Gasteiger partial charge in [-0.2, -0.15) is 0 Å². The Bertz CT molecular complexity index is 471. The highest BCUT2D eigenvalue weighted by Gasteiger charge is 2.42. The first-order chi connectivity index (χ1) is 9.00. The van der Waals surface area contributed by atoms with E-state index >= 15 is 0 Å². The quantitative estimate of drug-likeness (QED) is 0.891. The van der Waals surface area contributed by atoms with Crippen LogP contribution in [-0.2, 0) is 11.3 Å². The van der Waals surface area contributed by atoms with Crippen molar-refractivity contribution in [3.63, 3.8) is 0 Å². The van der Waals surface area contributed by atoms with Gasteiger partial charge in [-0.05, 0) is 17.7 Å². The average Bonchev–Trinajstić information content (AvgIpc) is 2.76. The predicted molar refractivity (Wildman–Crippen MR) is 73.4 cm³/mol. The molecule has 1 saturated heterocycles. The molecule has 0 aliphatic carbocycles. The van der Waals surface area contributed by atoms with Gasteiger partial charge in [-0.15, -0.1) is 12.4 Å². The summed E-state index contributed by atoms with van der Waals surface area (Å²) in [7, 11) is 1.56. The first kappa shape index (κ1) is 16.7. The molecular formula is C13H17ClF2N2O2. The van der Waals surface area contributed by atoms with E-state index in [1.165, 1.54) is 0 Å². The maximum atomic E-state index is 13.0. The third-order valence-electron chi connectivity index (χ3n) is 3.03. The molecule has 1 heterocycles. The van der Waals surface area contributed by atoms with Crippen molar-refractivity contribution < 1.29 is 18.3 Å². The Labute approximate surface area is 122 Å². The lowest BCUT2D eigenvalue weighted by Gasteiger charge is -2.11. The molecule has 1 aliphatic rings. The summed E-state index contributed by atoms with van der Waals surface area (Å²) in [4.78, 5) is 11.7. The van der Waals surface area contributed by atoms with Crippen LogP contribution >= 0.6 is 12.4 Å². The van der Waals surface area contributed by atoms with Crippen molar-refractivity contribution in [3.05, 3.63) is 29.8 Å². The van der Waals surface area contributed by atoms with E-state index in [1.807, 2.05) is 12.1 Å². The molecule has 2 rings (SSSR count). The molecule has 1 unspecified atom stereocenters. The summed E-state index contributed by atoms with van der Waals surface area (Å²) in [6, 6.07) is 6.41. The predicted octanol–water partition coefficient (Wildman–Crippen LogP) is 1.73. The Morgan fingerprint density at radius 1 is 1.55 bits per heavy atom. The summed E-state index contributed by atoms with van der Waals surface area (Å²) >= 11 is 0. The SMILES string of the molecule is COc1cccc(CNC(=O)C2CC(F)(F)CN2)c1.Cl. The highest BCUT2D eigenvalue weighted by Crippen LogP contribution is 2.25.